The molecule has 16 heteroatoms. The largest absolute Gasteiger partial charge is 0.459 e. The molecule has 0 amide bonds. The molecular weight excluding hydrogens is 1870 g/mol. The molecule has 0 aromatic carbocycles. The van der Waals surface area contributed by atoms with Gasteiger partial charge in [0, 0.05) is 28.7 Å². The molecule has 2 saturated heterocycles. The summed E-state index contributed by atoms with van der Waals surface area (Å²) in [5, 5.41) is 37.6. The average molecular weight is 2120 g/mol. The van der Waals surface area contributed by atoms with Crippen LogP contribution in [0.5, 0.6) is 0 Å². The summed E-state index contributed by atoms with van der Waals surface area (Å²) in [5.41, 5.74) is 1.18. The Morgan fingerprint density at radius 2 is 0.453 bits per heavy atom. The minimum Gasteiger partial charge on any atom is -0.459 e. The maximum Gasteiger partial charge on any atom is 0.333 e. The van der Waals surface area contributed by atoms with Crippen LogP contribution in [0, 0.1) is 47.3 Å². The van der Waals surface area contributed by atoms with Gasteiger partial charge in [0.25, 0.3) is 0 Å². The number of aliphatic hydroxyl groups is 3. The first kappa shape index (κ1) is 142. The SMILES string of the molecule is CCCCCCCCCCCCCCCCCC[C@H](C)C[C@H](C)/C=C(\C)C(=O)OC1[C@H](O)C(COC(=O)/C(C)=C/[C@@H](C)C[C@@H](C)CCCCCCCCCCCCCCCC)O[C@H](O[C@H]2OC(CO)[C@@H](OC(=O)/C(C)=C/[C@@H](C)C[C@@H](C)CCCCCCCCCCCCCCCCCC)C(O)[C@@H]2OC(=O)/C(C)=C/[C@@H](C)C[C@@H](C)CCCCCCCCCCCCCCCCCC)[C@@H]1OC(=O)CCCCCCCCCCCCCCC. The third-order valence-corrected chi connectivity index (χ3v) is 32.8. The minimum absolute atomic E-state index is 0.00184. The topological polar surface area (TPSA) is 220 Å². The van der Waals surface area contributed by atoms with Gasteiger partial charge in [-0.15, -0.1) is 0 Å². The Morgan fingerprint density at radius 1 is 0.247 bits per heavy atom. The number of hydrogen-bond donors (Lipinski definition) is 3. The fourth-order valence-corrected chi connectivity index (χ4v) is 23.4. The molecule has 0 aromatic heterocycles. The van der Waals surface area contributed by atoms with Crippen molar-refractivity contribution in [1.29, 1.82) is 0 Å². The first-order chi connectivity index (χ1) is 72.7. The fraction of sp³-hybridized carbons (Fsp3) is 0.903. The van der Waals surface area contributed by atoms with Gasteiger partial charge >= 0.3 is 29.8 Å². The molecule has 3 N–H and O–H groups in total. The molecule has 2 fully saturated rings. The number of rotatable bonds is 105. The minimum atomic E-state index is -1.92. The van der Waals surface area contributed by atoms with Crippen LogP contribution in [0.2, 0.25) is 0 Å². The van der Waals surface area contributed by atoms with E-state index in [-0.39, 0.29) is 41.2 Å². The molecule has 0 aliphatic carbocycles. The van der Waals surface area contributed by atoms with E-state index in [1.807, 2.05) is 24.3 Å². The molecule has 0 aromatic rings. The Labute approximate surface area is 927 Å². The Balaban J connectivity index is 2.69. The van der Waals surface area contributed by atoms with Gasteiger partial charge in [0.1, 0.15) is 31.0 Å². The zero-order valence-electron chi connectivity index (χ0n) is 102. The zero-order chi connectivity index (χ0) is 110. The average Bonchev–Trinajstić information content (AvgIpc) is 0.768. The van der Waals surface area contributed by atoms with E-state index in [1.54, 1.807) is 27.7 Å². The van der Waals surface area contributed by atoms with Crippen molar-refractivity contribution in [1.82, 2.24) is 0 Å². The van der Waals surface area contributed by atoms with Gasteiger partial charge < -0.3 is 53.2 Å². The number of esters is 5. The number of hydrogen-bond acceptors (Lipinski definition) is 16. The van der Waals surface area contributed by atoms with Crippen molar-refractivity contribution in [2.75, 3.05) is 13.2 Å². The van der Waals surface area contributed by atoms with E-state index in [0.717, 1.165) is 103 Å². The third kappa shape index (κ3) is 76.7. The second-order valence-electron chi connectivity index (χ2n) is 48.9. The predicted octanol–water partition coefficient (Wildman–Crippen LogP) is 39.1. The van der Waals surface area contributed by atoms with Crippen LogP contribution in [0.15, 0.2) is 46.6 Å². The van der Waals surface area contributed by atoms with Crippen LogP contribution in [0.3, 0.4) is 0 Å². The summed E-state index contributed by atoms with van der Waals surface area (Å²) in [7, 11) is 0. The summed E-state index contributed by atoms with van der Waals surface area (Å²) in [4.78, 5) is 74.2. The molecule has 0 radical (unpaired) electrons. The molecule has 2 rings (SSSR count). The lowest BCUT2D eigenvalue weighted by Gasteiger charge is -2.47. The monoisotopic (exact) mass is 2110 g/mol. The summed E-state index contributed by atoms with van der Waals surface area (Å²) in [6.45, 7) is 34.2. The highest BCUT2D eigenvalue weighted by molar-refractivity contribution is 5.89. The highest BCUT2D eigenvalue weighted by Crippen LogP contribution is 2.38. The van der Waals surface area contributed by atoms with Crippen molar-refractivity contribution in [2.24, 2.45) is 47.3 Å². The van der Waals surface area contributed by atoms with Crippen molar-refractivity contribution in [2.45, 2.75) is 718 Å². The standard InChI is InChI=1S/C134H248O16/c1-18-23-28-33-38-43-48-53-57-60-65-69-74-79-84-89-94-109(7)99-113(11)103-117(15)130(140)147-125-120(106-135)144-133(127(124(125)138)149-132(142)119(17)105-115(13)101-111(9)96-91-86-81-76-71-67-62-59-55-50-45-40-35-30-25-20-3)150-134-128(146-122(136)97-92-87-82-77-72-63-52-47-42-37-32-27-22-5)126(148-131(141)118(16)104-114(12)100-110(8)95-90-85-80-75-70-66-61-58-54-49-44-39-34-29-24-19-2)123(137)121(145-134)107-143-129(139)116(14)102-112(10)98-108(6)93-88-83-78-73-68-64-56-51-46-41-36-31-26-21-4/h102-105,108-115,120-121,123-128,133-135,137-138H,18-101,106-107H2,1-17H3/b116-102+,117-103+,118-104+,119-105+/t108-,109-,110-,111-,112-,113-,114-,115-,120?,121?,123+,124?,125+,126?,127-,128+,133+,134+/m0/s1. The zero-order valence-corrected chi connectivity index (χ0v) is 102. The van der Waals surface area contributed by atoms with Crippen molar-refractivity contribution in [3.63, 3.8) is 0 Å². The lowest BCUT2D eigenvalue weighted by Crippen LogP contribution is -2.66. The predicted molar refractivity (Wildman–Crippen MR) is 633 cm³/mol. The quantitative estimate of drug-likeness (QED) is 0.0223. The molecule has 2 aliphatic heterocycles. The molecule has 16 nitrogen and oxygen atoms in total. The molecule has 4 unspecified atom stereocenters. The third-order valence-electron chi connectivity index (χ3n) is 32.8. The molecule has 0 saturated carbocycles. The second kappa shape index (κ2) is 98.2. The molecule has 0 bridgehead atoms. The van der Waals surface area contributed by atoms with E-state index in [0.29, 0.717) is 41.2 Å². The van der Waals surface area contributed by atoms with E-state index in [9.17, 15) is 29.7 Å². The van der Waals surface area contributed by atoms with Crippen molar-refractivity contribution < 1.29 is 77.2 Å². The Morgan fingerprint density at radius 3 is 0.700 bits per heavy atom. The summed E-state index contributed by atoms with van der Waals surface area (Å²) >= 11 is 0. The normalized spacial score (nSPS) is 20.1. The smallest absolute Gasteiger partial charge is 0.333 e. The first-order valence-electron chi connectivity index (χ1n) is 65.4. The summed E-state index contributed by atoms with van der Waals surface area (Å²) in [6.07, 6.45) is 93.7. The van der Waals surface area contributed by atoms with Crippen LogP contribution >= 0.6 is 0 Å². The van der Waals surface area contributed by atoms with Gasteiger partial charge in [0.05, 0.1) is 6.61 Å². The van der Waals surface area contributed by atoms with Crippen LogP contribution < -0.4 is 0 Å². The van der Waals surface area contributed by atoms with E-state index in [2.05, 4.69) is 90.0 Å². The van der Waals surface area contributed by atoms with Gasteiger partial charge in [-0.1, -0.05) is 615 Å². The lowest BCUT2D eigenvalue weighted by atomic mass is 9.91. The van der Waals surface area contributed by atoms with Gasteiger partial charge in [-0.05, 0) is 107 Å². The molecule has 18 atom stereocenters. The van der Waals surface area contributed by atoms with Gasteiger partial charge in [-0.2, -0.15) is 0 Å². The van der Waals surface area contributed by atoms with Crippen LogP contribution in [0.4, 0.5) is 0 Å². The molecule has 880 valence electrons. The van der Waals surface area contributed by atoms with Crippen molar-refractivity contribution in [3.8, 4) is 0 Å². The number of carbonyl (C=O) groups excluding carboxylic acids is 5. The molecule has 2 heterocycles. The van der Waals surface area contributed by atoms with E-state index in [1.165, 1.54) is 424 Å². The number of ether oxygens (including phenoxy) is 8. The van der Waals surface area contributed by atoms with Crippen molar-refractivity contribution in [3.05, 3.63) is 46.6 Å². The lowest BCUT2D eigenvalue weighted by molar-refractivity contribution is -0.377. The van der Waals surface area contributed by atoms with Crippen LogP contribution in [0.1, 0.15) is 657 Å². The maximum atomic E-state index is 15.1. The number of unbranched alkanes of at least 4 members (excludes halogenated alkanes) is 70. The molecule has 2 aliphatic rings. The Kier molecular flexibility index (Phi) is 93.1. The van der Waals surface area contributed by atoms with Crippen LogP contribution in [-0.4, -0.2) is 120 Å². The number of aliphatic hydroxyl groups excluding tert-OH is 3. The van der Waals surface area contributed by atoms with Crippen molar-refractivity contribution >= 4 is 29.8 Å². The number of carbonyl (C=O) groups is 5. The van der Waals surface area contributed by atoms with Gasteiger partial charge in [-0.3, -0.25) is 4.79 Å². The highest BCUT2D eigenvalue weighted by Gasteiger charge is 2.56. The first-order valence-corrected chi connectivity index (χ1v) is 65.4. The van der Waals surface area contributed by atoms with Gasteiger partial charge in [0.15, 0.2) is 24.4 Å². The van der Waals surface area contributed by atoms with Gasteiger partial charge in [-0.25, -0.2) is 19.2 Å². The fourth-order valence-electron chi connectivity index (χ4n) is 23.4. The Hall–Kier alpha value is -3.93. The second-order valence-corrected chi connectivity index (χ2v) is 48.9. The van der Waals surface area contributed by atoms with E-state index >= 15 is 9.59 Å². The Bertz CT molecular complexity index is 3270. The van der Waals surface area contributed by atoms with E-state index in [4.69, 9.17) is 37.9 Å². The molecule has 0 spiro atoms. The van der Waals surface area contributed by atoms with Crippen LogP contribution in [-0.2, 0) is 61.9 Å². The van der Waals surface area contributed by atoms with E-state index < -0.39 is 104 Å². The van der Waals surface area contributed by atoms with Gasteiger partial charge in [0.2, 0.25) is 12.6 Å². The van der Waals surface area contributed by atoms with Crippen LogP contribution in [0.25, 0.3) is 0 Å². The maximum absolute atomic E-state index is 15.1. The summed E-state index contributed by atoms with van der Waals surface area (Å²) in [6, 6.07) is 0. The molecule has 150 heavy (non-hydrogen) atoms. The molecular formula is C134H248O16. The summed E-state index contributed by atoms with van der Waals surface area (Å²) < 4.78 is 52.3. The highest BCUT2D eigenvalue weighted by atomic mass is 16.8. The number of allylic oxidation sites excluding steroid dienone is 4. The summed E-state index contributed by atoms with van der Waals surface area (Å²) in [5.74, 6) is -2.17.